The van der Waals surface area contributed by atoms with Gasteiger partial charge in [0.15, 0.2) is 0 Å². The molecule has 2 nitrogen and oxygen atoms in total. The van der Waals surface area contributed by atoms with Gasteiger partial charge in [-0.25, -0.2) is 0 Å². The van der Waals surface area contributed by atoms with Gasteiger partial charge in [-0.05, 0) is 25.7 Å². The molecule has 0 saturated heterocycles. The summed E-state index contributed by atoms with van der Waals surface area (Å²) in [5.41, 5.74) is 5.96. The molecule has 0 radical (unpaired) electrons. The fourth-order valence-electron chi connectivity index (χ4n) is 3.51. The molecule has 1 fully saturated rings. The van der Waals surface area contributed by atoms with Crippen LogP contribution in [0.3, 0.4) is 0 Å². The third-order valence-corrected chi connectivity index (χ3v) is 4.95. The van der Waals surface area contributed by atoms with E-state index in [0.29, 0.717) is 5.78 Å². The van der Waals surface area contributed by atoms with Crippen LogP contribution in [0.1, 0.15) is 103 Å². The van der Waals surface area contributed by atoms with Crippen LogP contribution in [0.15, 0.2) is 0 Å². The summed E-state index contributed by atoms with van der Waals surface area (Å²) in [6.07, 6.45) is 18.4. The number of Topliss-reactive ketones (excluding diaryl/α,β-unsaturated/α-hetero) is 1. The SMILES string of the molecule is CCCCCCCCCCCCC(=O)C1CCCC(N)C1. The highest BCUT2D eigenvalue weighted by Gasteiger charge is 2.24. The van der Waals surface area contributed by atoms with Crippen molar-refractivity contribution < 1.29 is 4.79 Å². The van der Waals surface area contributed by atoms with Crippen LogP contribution in [-0.4, -0.2) is 11.8 Å². The minimum absolute atomic E-state index is 0.278. The van der Waals surface area contributed by atoms with Gasteiger partial charge in [0.2, 0.25) is 0 Å². The lowest BCUT2D eigenvalue weighted by Crippen LogP contribution is -2.31. The summed E-state index contributed by atoms with van der Waals surface area (Å²) in [6, 6.07) is 0.278. The van der Waals surface area contributed by atoms with Crippen LogP contribution in [-0.2, 0) is 4.79 Å². The molecule has 0 aliphatic heterocycles. The zero-order valence-corrected chi connectivity index (χ0v) is 14.2. The van der Waals surface area contributed by atoms with E-state index in [1.54, 1.807) is 0 Å². The van der Waals surface area contributed by atoms with E-state index < -0.39 is 0 Å². The van der Waals surface area contributed by atoms with E-state index in [0.717, 1.165) is 38.5 Å². The monoisotopic (exact) mass is 295 g/mol. The summed E-state index contributed by atoms with van der Waals surface area (Å²) in [7, 11) is 0. The second kappa shape index (κ2) is 12.2. The Kier molecular flexibility index (Phi) is 10.9. The minimum atomic E-state index is 0.278. The van der Waals surface area contributed by atoms with E-state index in [-0.39, 0.29) is 12.0 Å². The number of ketones is 1. The van der Waals surface area contributed by atoms with Gasteiger partial charge in [-0.2, -0.15) is 0 Å². The number of hydrogen-bond acceptors (Lipinski definition) is 2. The van der Waals surface area contributed by atoms with Crippen molar-refractivity contribution in [2.75, 3.05) is 0 Å². The Balaban J connectivity index is 1.88. The first-order valence-corrected chi connectivity index (χ1v) is 9.52. The van der Waals surface area contributed by atoms with Gasteiger partial charge in [0, 0.05) is 18.4 Å². The first-order chi connectivity index (χ1) is 10.2. The van der Waals surface area contributed by atoms with Crippen molar-refractivity contribution in [1.82, 2.24) is 0 Å². The van der Waals surface area contributed by atoms with Crippen molar-refractivity contribution in [2.24, 2.45) is 11.7 Å². The van der Waals surface area contributed by atoms with E-state index in [4.69, 9.17) is 5.73 Å². The second-order valence-electron chi connectivity index (χ2n) is 7.02. The van der Waals surface area contributed by atoms with Crippen LogP contribution in [0.4, 0.5) is 0 Å². The molecule has 1 rings (SSSR count). The Morgan fingerprint density at radius 2 is 1.48 bits per heavy atom. The lowest BCUT2D eigenvalue weighted by molar-refractivity contribution is -0.124. The molecule has 1 saturated carbocycles. The van der Waals surface area contributed by atoms with E-state index in [9.17, 15) is 4.79 Å². The van der Waals surface area contributed by atoms with Crippen molar-refractivity contribution in [3.8, 4) is 0 Å². The Labute approximate surface area is 132 Å². The van der Waals surface area contributed by atoms with Crippen molar-refractivity contribution in [1.29, 1.82) is 0 Å². The van der Waals surface area contributed by atoms with Crippen LogP contribution in [0.2, 0.25) is 0 Å². The van der Waals surface area contributed by atoms with Gasteiger partial charge < -0.3 is 5.73 Å². The van der Waals surface area contributed by atoms with E-state index >= 15 is 0 Å². The van der Waals surface area contributed by atoms with Gasteiger partial charge in [-0.15, -0.1) is 0 Å². The molecule has 0 aromatic heterocycles. The maximum atomic E-state index is 12.1. The highest BCUT2D eigenvalue weighted by atomic mass is 16.1. The quantitative estimate of drug-likeness (QED) is 0.491. The Bertz CT molecular complexity index is 264. The number of unbranched alkanes of at least 4 members (excludes halogenated alkanes) is 9. The molecule has 1 aliphatic rings. The Morgan fingerprint density at radius 1 is 0.905 bits per heavy atom. The average Bonchev–Trinajstić information content (AvgIpc) is 2.49. The van der Waals surface area contributed by atoms with Crippen LogP contribution in [0.25, 0.3) is 0 Å². The first-order valence-electron chi connectivity index (χ1n) is 9.52. The molecule has 1 aliphatic carbocycles. The molecular weight excluding hydrogens is 258 g/mol. The Morgan fingerprint density at radius 3 is 2.05 bits per heavy atom. The predicted octanol–water partition coefficient (Wildman–Crippen LogP) is 5.38. The summed E-state index contributed by atoms with van der Waals surface area (Å²) < 4.78 is 0. The lowest BCUT2D eigenvalue weighted by atomic mass is 9.82. The molecule has 2 atom stereocenters. The number of carbonyl (C=O) groups is 1. The van der Waals surface area contributed by atoms with Gasteiger partial charge in [0.1, 0.15) is 5.78 Å². The summed E-state index contributed by atoms with van der Waals surface area (Å²) >= 11 is 0. The molecule has 21 heavy (non-hydrogen) atoms. The summed E-state index contributed by atoms with van der Waals surface area (Å²) in [5.74, 6) is 0.775. The number of carbonyl (C=O) groups excluding carboxylic acids is 1. The van der Waals surface area contributed by atoms with Crippen molar-refractivity contribution >= 4 is 5.78 Å². The average molecular weight is 296 g/mol. The summed E-state index contributed by atoms with van der Waals surface area (Å²) in [5, 5.41) is 0. The molecule has 0 aromatic carbocycles. The summed E-state index contributed by atoms with van der Waals surface area (Å²) in [6.45, 7) is 2.27. The zero-order valence-electron chi connectivity index (χ0n) is 14.2. The number of hydrogen-bond donors (Lipinski definition) is 1. The number of rotatable bonds is 12. The van der Waals surface area contributed by atoms with Crippen molar-refractivity contribution in [2.45, 2.75) is 109 Å². The lowest BCUT2D eigenvalue weighted by Gasteiger charge is -2.25. The molecule has 2 unspecified atom stereocenters. The van der Waals surface area contributed by atoms with E-state index in [1.807, 2.05) is 0 Å². The van der Waals surface area contributed by atoms with Crippen LogP contribution in [0.5, 0.6) is 0 Å². The van der Waals surface area contributed by atoms with Crippen molar-refractivity contribution in [3.63, 3.8) is 0 Å². The predicted molar refractivity (Wildman–Crippen MR) is 91.4 cm³/mol. The Hall–Kier alpha value is -0.370. The van der Waals surface area contributed by atoms with Crippen LogP contribution < -0.4 is 5.73 Å². The highest BCUT2D eigenvalue weighted by Crippen LogP contribution is 2.25. The van der Waals surface area contributed by atoms with Crippen molar-refractivity contribution in [3.05, 3.63) is 0 Å². The topological polar surface area (TPSA) is 43.1 Å². The summed E-state index contributed by atoms with van der Waals surface area (Å²) in [4.78, 5) is 12.1. The van der Waals surface area contributed by atoms with Crippen LogP contribution >= 0.6 is 0 Å². The second-order valence-corrected chi connectivity index (χ2v) is 7.02. The van der Waals surface area contributed by atoms with Gasteiger partial charge in [-0.3, -0.25) is 4.79 Å². The van der Waals surface area contributed by atoms with Gasteiger partial charge >= 0.3 is 0 Å². The minimum Gasteiger partial charge on any atom is -0.328 e. The standard InChI is InChI=1S/C19H37NO/c1-2-3-4-5-6-7-8-9-10-11-15-19(21)17-13-12-14-18(20)16-17/h17-18H,2-16,20H2,1H3. The molecular formula is C19H37NO. The third-order valence-electron chi connectivity index (χ3n) is 4.95. The molecule has 0 heterocycles. The smallest absolute Gasteiger partial charge is 0.136 e. The molecule has 0 bridgehead atoms. The first kappa shape index (κ1) is 18.7. The molecule has 0 aromatic rings. The molecule has 2 N–H and O–H groups in total. The molecule has 0 spiro atoms. The normalized spacial score (nSPS) is 22.4. The third kappa shape index (κ3) is 9.29. The number of nitrogens with two attached hydrogens (primary N) is 1. The molecule has 2 heteroatoms. The van der Waals surface area contributed by atoms with Gasteiger partial charge in [0.05, 0.1) is 0 Å². The van der Waals surface area contributed by atoms with Crippen LogP contribution in [0, 0.1) is 5.92 Å². The van der Waals surface area contributed by atoms with E-state index in [1.165, 1.54) is 57.8 Å². The molecule has 0 amide bonds. The highest BCUT2D eigenvalue weighted by molar-refractivity contribution is 5.81. The maximum Gasteiger partial charge on any atom is 0.136 e. The zero-order chi connectivity index (χ0) is 15.3. The van der Waals surface area contributed by atoms with Gasteiger partial charge in [0.25, 0.3) is 0 Å². The largest absolute Gasteiger partial charge is 0.328 e. The van der Waals surface area contributed by atoms with Gasteiger partial charge in [-0.1, -0.05) is 71.1 Å². The fraction of sp³-hybridized carbons (Fsp3) is 0.947. The van der Waals surface area contributed by atoms with E-state index in [2.05, 4.69) is 6.92 Å². The molecule has 124 valence electrons. The maximum absolute atomic E-state index is 12.1. The fourth-order valence-corrected chi connectivity index (χ4v) is 3.51.